The SMILES string of the molecule is COc1cc(F)cc2c(=O)c(C(=O)O)cn(-c3ccc(F)cc3F)c12. The molecular weight excluding hydrogens is 339 g/mol. The highest BCUT2D eigenvalue weighted by Crippen LogP contribution is 2.29. The van der Waals surface area contributed by atoms with Gasteiger partial charge in [-0.25, -0.2) is 18.0 Å². The van der Waals surface area contributed by atoms with Crippen LogP contribution in [-0.4, -0.2) is 22.8 Å². The fourth-order valence-electron chi connectivity index (χ4n) is 2.57. The van der Waals surface area contributed by atoms with Crippen LogP contribution in [-0.2, 0) is 0 Å². The molecule has 0 aliphatic carbocycles. The summed E-state index contributed by atoms with van der Waals surface area (Å²) in [6.07, 6.45) is 0.893. The molecule has 0 aliphatic rings. The van der Waals surface area contributed by atoms with E-state index in [-0.39, 0.29) is 22.3 Å². The maximum Gasteiger partial charge on any atom is 0.341 e. The lowest BCUT2D eigenvalue weighted by Gasteiger charge is -2.16. The van der Waals surface area contributed by atoms with Gasteiger partial charge < -0.3 is 14.4 Å². The first-order chi connectivity index (χ1) is 11.8. The Kier molecular flexibility index (Phi) is 3.96. The molecule has 0 spiro atoms. The summed E-state index contributed by atoms with van der Waals surface area (Å²) in [6.45, 7) is 0. The minimum Gasteiger partial charge on any atom is -0.494 e. The number of carboxylic acid groups (broad SMARTS) is 1. The Labute approximate surface area is 138 Å². The standard InChI is InChI=1S/C17H10F3NO4/c1-25-14-6-9(19)4-10-15(14)21(7-11(16(10)22)17(23)24)13-3-2-8(18)5-12(13)20/h2-7H,1H3,(H,23,24). The summed E-state index contributed by atoms with van der Waals surface area (Å²) in [6, 6.07) is 4.46. The average Bonchev–Trinajstić information content (AvgIpc) is 2.55. The van der Waals surface area contributed by atoms with Crippen LogP contribution in [0, 0.1) is 17.5 Å². The predicted octanol–water partition coefficient (Wildman–Crippen LogP) is 3.11. The lowest BCUT2D eigenvalue weighted by Crippen LogP contribution is -2.19. The quantitative estimate of drug-likeness (QED) is 0.789. The fraction of sp³-hybridized carbons (Fsp3) is 0.0588. The summed E-state index contributed by atoms with van der Waals surface area (Å²) >= 11 is 0. The number of methoxy groups -OCH3 is 1. The lowest BCUT2D eigenvalue weighted by atomic mass is 10.1. The minimum atomic E-state index is -1.56. The van der Waals surface area contributed by atoms with E-state index in [4.69, 9.17) is 4.74 Å². The second-order valence-corrected chi connectivity index (χ2v) is 5.15. The van der Waals surface area contributed by atoms with Crippen molar-refractivity contribution in [2.75, 3.05) is 7.11 Å². The first-order valence-electron chi connectivity index (χ1n) is 6.95. The second kappa shape index (κ2) is 5.97. The normalized spacial score (nSPS) is 10.9. The van der Waals surface area contributed by atoms with Gasteiger partial charge in [0.1, 0.15) is 28.8 Å². The number of aromatic carboxylic acids is 1. The Morgan fingerprint density at radius 1 is 1.12 bits per heavy atom. The molecule has 5 nitrogen and oxygen atoms in total. The summed E-state index contributed by atoms with van der Waals surface area (Å²) in [5.74, 6) is -4.31. The molecule has 0 aliphatic heterocycles. The minimum absolute atomic E-state index is 0.0376. The van der Waals surface area contributed by atoms with Crippen LogP contribution in [0.15, 0.2) is 41.3 Å². The highest BCUT2D eigenvalue weighted by Gasteiger charge is 2.20. The van der Waals surface area contributed by atoms with Crippen molar-refractivity contribution in [2.24, 2.45) is 0 Å². The Bertz CT molecular complexity index is 1080. The second-order valence-electron chi connectivity index (χ2n) is 5.15. The molecule has 25 heavy (non-hydrogen) atoms. The molecule has 3 aromatic rings. The fourth-order valence-corrected chi connectivity index (χ4v) is 2.57. The molecule has 1 heterocycles. The molecule has 2 aromatic carbocycles. The third-order valence-electron chi connectivity index (χ3n) is 3.65. The van der Waals surface area contributed by atoms with Gasteiger partial charge in [-0.3, -0.25) is 4.79 Å². The van der Waals surface area contributed by atoms with E-state index >= 15 is 0 Å². The van der Waals surface area contributed by atoms with E-state index in [1.807, 2.05) is 0 Å². The third-order valence-corrected chi connectivity index (χ3v) is 3.65. The topological polar surface area (TPSA) is 68.5 Å². The molecule has 0 saturated heterocycles. The molecule has 128 valence electrons. The maximum atomic E-state index is 14.2. The van der Waals surface area contributed by atoms with Crippen molar-refractivity contribution in [1.82, 2.24) is 4.57 Å². The summed E-state index contributed by atoms with van der Waals surface area (Å²) < 4.78 is 47.2. The number of nitrogens with zero attached hydrogens (tertiary/aromatic N) is 1. The largest absolute Gasteiger partial charge is 0.494 e. The van der Waals surface area contributed by atoms with Gasteiger partial charge in [0.15, 0.2) is 0 Å². The Hall–Kier alpha value is -3.29. The molecule has 0 saturated carbocycles. The van der Waals surface area contributed by atoms with Gasteiger partial charge in [-0.05, 0) is 18.2 Å². The zero-order valence-corrected chi connectivity index (χ0v) is 12.7. The summed E-state index contributed by atoms with van der Waals surface area (Å²) in [7, 11) is 1.22. The van der Waals surface area contributed by atoms with Crippen LogP contribution in [0.5, 0.6) is 5.75 Å². The monoisotopic (exact) mass is 349 g/mol. The molecule has 3 rings (SSSR count). The van der Waals surface area contributed by atoms with Crippen LogP contribution >= 0.6 is 0 Å². The van der Waals surface area contributed by atoms with Crippen molar-refractivity contribution < 1.29 is 27.8 Å². The molecule has 0 unspecified atom stereocenters. The van der Waals surface area contributed by atoms with Gasteiger partial charge in [0.2, 0.25) is 5.43 Å². The number of halogens is 3. The van der Waals surface area contributed by atoms with E-state index in [1.165, 1.54) is 7.11 Å². The molecule has 0 amide bonds. The number of fused-ring (bicyclic) bond motifs is 1. The van der Waals surface area contributed by atoms with Gasteiger partial charge in [-0.2, -0.15) is 0 Å². The van der Waals surface area contributed by atoms with Gasteiger partial charge in [0.25, 0.3) is 0 Å². The average molecular weight is 349 g/mol. The predicted molar refractivity (Wildman–Crippen MR) is 82.9 cm³/mol. The van der Waals surface area contributed by atoms with Gasteiger partial charge in [-0.1, -0.05) is 0 Å². The van der Waals surface area contributed by atoms with Crippen molar-refractivity contribution in [3.05, 3.63) is 69.8 Å². The van der Waals surface area contributed by atoms with Crippen molar-refractivity contribution in [2.45, 2.75) is 0 Å². The van der Waals surface area contributed by atoms with E-state index < -0.39 is 34.4 Å². The van der Waals surface area contributed by atoms with Crippen LogP contribution in [0.1, 0.15) is 10.4 Å². The number of aromatic nitrogens is 1. The van der Waals surface area contributed by atoms with Crippen LogP contribution in [0.2, 0.25) is 0 Å². The Morgan fingerprint density at radius 2 is 1.84 bits per heavy atom. The molecule has 0 radical (unpaired) electrons. The number of ether oxygens (including phenoxy) is 1. The molecule has 1 aromatic heterocycles. The first-order valence-corrected chi connectivity index (χ1v) is 6.95. The molecule has 1 N–H and O–H groups in total. The third kappa shape index (κ3) is 2.71. The van der Waals surface area contributed by atoms with Gasteiger partial charge in [0.05, 0.1) is 23.7 Å². The van der Waals surface area contributed by atoms with E-state index in [0.29, 0.717) is 6.07 Å². The number of carbonyl (C=O) groups is 1. The summed E-state index contributed by atoms with van der Waals surface area (Å²) in [5.41, 5.74) is -1.90. The Balaban J connectivity index is 2.55. The molecule has 0 bridgehead atoms. The van der Waals surface area contributed by atoms with E-state index in [2.05, 4.69) is 0 Å². The van der Waals surface area contributed by atoms with Gasteiger partial charge in [-0.15, -0.1) is 0 Å². The number of rotatable bonds is 3. The molecule has 8 heteroatoms. The van der Waals surface area contributed by atoms with Gasteiger partial charge >= 0.3 is 5.97 Å². The number of carboxylic acids is 1. The highest BCUT2D eigenvalue weighted by molar-refractivity contribution is 5.95. The van der Waals surface area contributed by atoms with Crippen molar-refractivity contribution >= 4 is 16.9 Å². The van der Waals surface area contributed by atoms with Crippen LogP contribution in [0.25, 0.3) is 16.6 Å². The van der Waals surface area contributed by atoms with Crippen molar-refractivity contribution in [3.8, 4) is 11.4 Å². The van der Waals surface area contributed by atoms with Crippen LogP contribution < -0.4 is 10.2 Å². The smallest absolute Gasteiger partial charge is 0.341 e. The molecular formula is C17H10F3NO4. The van der Waals surface area contributed by atoms with Gasteiger partial charge in [0, 0.05) is 18.3 Å². The number of benzene rings is 2. The zero-order chi connectivity index (χ0) is 18.3. The van der Waals surface area contributed by atoms with Crippen LogP contribution in [0.4, 0.5) is 13.2 Å². The summed E-state index contributed by atoms with van der Waals surface area (Å²) in [4.78, 5) is 23.7. The molecule has 0 atom stereocenters. The van der Waals surface area contributed by atoms with E-state index in [1.54, 1.807) is 0 Å². The first kappa shape index (κ1) is 16.6. The van der Waals surface area contributed by atoms with Crippen molar-refractivity contribution in [1.29, 1.82) is 0 Å². The lowest BCUT2D eigenvalue weighted by molar-refractivity contribution is 0.0695. The van der Waals surface area contributed by atoms with Crippen LogP contribution in [0.3, 0.4) is 0 Å². The van der Waals surface area contributed by atoms with E-state index in [0.717, 1.165) is 35.0 Å². The Morgan fingerprint density at radius 3 is 2.44 bits per heavy atom. The summed E-state index contributed by atoms with van der Waals surface area (Å²) in [5, 5.41) is 8.91. The van der Waals surface area contributed by atoms with E-state index in [9.17, 15) is 27.9 Å². The van der Waals surface area contributed by atoms with Crippen molar-refractivity contribution in [3.63, 3.8) is 0 Å². The zero-order valence-electron chi connectivity index (χ0n) is 12.7. The molecule has 0 fully saturated rings. The highest BCUT2D eigenvalue weighted by atomic mass is 19.1. The number of hydrogen-bond donors (Lipinski definition) is 1. The number of pyridine rings is 1. The maximum absolute atomic E-state index is 14.2. The number of hydrogen-bond acceptors (Lipinski definition) is 3.